The Kier molecular flexibility index (Phi) is 8.06. The molecule has 2 fully saturated rings. The summed E-state index contributed by atoms with van der Waals surface area (Å²) >= 11 is 0. The average molecular weight is 527 g/mol. The largest absolute Gasteiger partial charge is 0.493 e. The van der Waals surface area contributed by atoms with Crippen molar-refractivity contribution in [3.63, 3.8) is 0 Å². The van der Waals surface area contributed by atoms with Crippen molar-refractivity contribution >= 4 is 17.7 Å². The summed E-state index contributed by atoms with van der Waals surface area (Å²) < 4.78 is 19.1. The maximum absolute atomic E-state index is 13.2. The van der Waals surface area contributed by atoms with E-state index in [-0.39, 0.29) is 24.3 Å². The Bertz CT molecular complexity index is 1170. The van der Waals surface area contributed by atoms with Crippen molar-refractivity contribution in [1.29, 1.82) is 0 Å². The monoisotopic (exact) mass is 526 g/mol. The zero-order chi connectivity index (χ0) is 26.5. The molecular formula is C26H34N6O6. The second-order valence-electron chi connectivity index (χ2n) is 9.86. The van der Waals surface area contributed by atoms with Crippen LogP contribution in [0.25, 0.3) is 0 Å². The molecular weight excluding hydrogens is 492 g/mol. The molecule has 3 amide bonds. The van der Waals surface area contributed by atoms with Crippen LogP contribution in [0.5, 0.6) is 11.5 Å². The van der Waals surface area contributed by atoms with Crippen molar-refractivity contribution < 1.29 is 28.6 Å². The molecule has 12 nitrogen and oxygen atoms in total. The van der Waals surface area contributed by atoms with Crippen molar-refractivity contribution in [2.45, 2.75) is 57.4 Å². The van der Waals surface area contributed by atoms with Crippen LogP contribution in [0.4, 0.5) is 0 Å². The van der Waals surface area contributed by atoms with Gasteiger partial charge in [-0.05, 0) is 37.5 Å². The molecule has 2 atom stereocenters. The second kappa shape index (κ2) is 11.8. The molecule has 38 heavy (non-hydrogen) atoms. The summed E-state index contributed by atoms with van der Waals surface area (Å²) in [5.74, 6) is 0.854. The summed E-state index contributed by atoms with van der Waals surface area (Å²) in [6.07, 6.45) is 4.89. The third-order valence-electron chi connectivity index (χ3n) is 7.21. The van der Waals surface area contributed by atoms with Crippen LogP contribution in [0.15, 0.2) is 24.4 Å². The van der Waals surface area contributed by atoms with E-state index in [1.807, 2.05) is 4.90 Å². The molecule has 4 heterocycles. The molecule has 0 saturated carbocycles. The first-order valence-electron chi connectivity index (χ1n) is 13.2. The molecule has 0 unspecified atom stereocenters. The van der Waals surface area contributed by atoms with Gasteiger partial charge in [-0.3, -0.25) is 14.4 Å². The molecule has 2 aromatic rings. The Labute approximate surface area is 221 Å². The first-order valence-corrected chi connectivity index (χ1v) is 13.2. The molecule has 4 bridgehead atoms. The first kappa shape index (κ1) is 26.0. The molecule has 3 aliphatic rings. The molecule has 0 spiro atoms. The standard InChI is InChI=1S/C26H34N6O6/c1-36-21-8-7-18-13-22(21)37-12-11-32-14-19(28-29-32)17-38-23-16-31(15-20(23)27-26(18)35)25(34)6-4-10-30-9-3-2-5-24(30)33/h7-8,13-14,20,23H,2-6,9-12,15-17H2,1H3,(H,27,35)/t20-,23-/m0/s1. The predicted molar refractivity (Wildman–Crippen MR) is 135 cm³/mol. The number of carbonyl (C=O) groups is 3. The van der Waals surface area contributed by atoms with Gasteiger partial charge in [0.25, 0.3) is 5.91 Å². The maximum atomic E-state index is 13.2. The summed E-state index contributed by atoms with van der Waals surface area (Å²) in [4.78, 5) is 41.9. The van der Waals surface area contributed by atoms with Gasteiger partial charge in [0.15, 0.2) is 11.5 Å². The van der Waals surface area contributed by atoms with Crippen molar-refractivity contribution in [2.75, 3.05) is 39.9 Å². The van der Waals surface area contributed by atoms with Crippen molar-refractivity contribution in [1.82, 2.24) is 30.1 Å². The number of amides is 3. The molecule has 5 rings (SSSR count). The number of carbonyl (C=O) groups excluding carboxylic acids is 3. The number of rotatable bonds is 5. The van der Waals surface area contributed by atoms with Gasteiger partial charge in [-0.1, -0.05) is 5.21 Å². The van der Waals surface area contributed by atoms with Crippen LogP contribution >= 0.6 is 0 Å². The van der Waals surface area contributed by atoms with Crippen LogP contribution in [0.3, 0.4) is 0 Å². The van der Waals surface area contributed by atoms with Crippen LogP contribution in [0.1, 0.15) is 48.2 Å². The first-order chi connectivity index (χ1) is 18.5. The van der Waals surface area contributed by atoms with Gasteiger partial charge >= 0.3 is 0 Å². The number of hydrogen-bond acceptors (Lipinski definition) is 8. The van der Waals surface area contributed by atoms with E-state index in [0.717, 1.165) is 19.4 Å². The summed E-state index contributed by atoms with van der Waals surface area (Å²) in [5.41, 5.74) is 1.08. The summed E-state index contributed by atoms with van der Waals surface area (Å²) in [6.45, 7) is 3.04. The smallest absolute Gasteiger partial charge is 0.251 e. The molecule has 204 valence electrons. The van der Waals surface area contributed by atoms with E-state index in [1.54, 1.807) is 41.1 Å². The third-order valence-corrected chi connectivity index (χ3v) is 7.21. The minimum Gasteiger partial charge on any atom is -0.493 e. The Morgan fingerprint density at radius 3 is 2.95 bits per heavy atom. The Hall–Kier alpha value is -3.67. The quantitative estimate of drug-likeness (QED) is 0.611. The molecule has 1 aromatic carbocycles. The fourth-order valence-electron chi connectivity index (χ4n) is 5.10. The van der Waals surface area contributed by atoms with Crippen LogP contribution < -0.4 is 14.8 Å². The van der Waals surface area contributed by atoms with Crippen LogP contribution in [-0.4, -0.2) is 94.6 Å². The predicted octanol–water partition coefficient (Wildman–Crippen LogP) is 0.998. The highest BCUT2D eigenvalue weighted by Gasteiger charge is 2.37. The number of methoxy groups -OCH3 is 1. The number of fused-ring (bicyclic) bond motifs is 5. The minimum atomic E-state index is -0.407. The lowest BCUT2D eigenvalue weighted by molar-refractivity contribution is -0.135. The van der Waals surface area contributed by atoms with Crippen molar-refractivity contribution in [3.8, 4) is 11.5 Å². The van der Waals surface area contributed by atoms with Gasteiger partial charge in [-0.15, -0.1) is 5.10 Å². The van der Waals surface area contributed by atoms with E-state index < -0.39 is 12.1 Å². The van der Waals surface area contributed by atoms with Gasteiger partial charge in [0.05, 0.1) is 38.6 Å². The molecule has 1 aromatic heterocycles. The van der Waals surface area contributed by atoms with Crippen LogP contribution in [-0.2, 0) is 27.5 Å². The summed E-state index contributed by atoms with van der Waals surface area (Å²) in [6, 6.07) is 4.62. The second-order valence-corrected chi connectivity index (χ2v) is 9.86. The highest BCUT2D eigenvalue weighted by Crippen LogP contribution is 2.28. The Balaban J connectivity index is 1.27. The number of likely N-dealkylation sites (tertiary alicyclic amines) is 2. The van der Waals surface area contributed by atoms with Crippen LogP contribution in [0.2, 0.25) is 0 Å². The Morgan fingerprint density at radius 1 is 1.21 bits per heavy atom. The number of aromatic nitrogens is 3. The molecule has 0 radical (unpaired) electrons. The maximum Gasteiger partial charge on any atom is 0.251 e. The number of nitrogens with zero attached hydrogens (tertiary/aromatic N) is 5. The number of ether oxygens (including phenoxy) is 3. The zero-order valence-corrected chi connectivity index (χ0v) is 21.6. The molecule has 3 aliphatic heterocycles. The van der Waals surface area contributed by atoms with Gasteiger partial charge in [-0.25, -0.2) is 4.68 Å². The number of benzene rings is 1. The lowest BCUT2D eigenvalue weighted by Gasteiger charge is -2.26. The third kappa shape index (κ3) is 6.07. The van der Waals surface area contributed by atoms with E-state index in [4.69, 9.17) is 14.2 Å². The molecule has 1 N–H and O–H groups in total. The van der Waals surface area contributed by atoms with Crippen LogP contribution in [0, 0.1) is 0 Å². The number of hydrogen-bond donors (Lipinski definition) is 1. The van der Waals surface area contributed by atoms with Gasteiger partial charge in [0, 0.05) is 44.6 Å². The van der Waals surface area contributed by atoms with Gasteiger partial charge in [-0.2, -0.15) is 0 Å². The van der Waals surface area contributed by atoms with E-state index in [9.17, 15) is 14.4 Å². The van der Waals surface area contributed by atoms with E-state index in [1.165, 1.54) is 0 Å². The SMILES string of the molecule is COc1ccc2cc1OCCn1cc(nn1)CO[C@H]1CN(C(=O)CCCN3CCCCC3=O)C[C@@H]1NC2=O. The normalized spacial score (nSPS) is 22.1. The number of nitrogens with one attached hydrogen (secondary N) is 1. The molecule has 2 saturated heterocycles. The fraction of sp³-hybridized carbons (Fsp3) is 0.577. The highest BCUT2D eigenvalue weighted by atomic mass is 16.5. The van der Waals surface area contributed by atoms with E-state index in [2.05, 4.69) is 15.6 Å². The highest BCUT2D eigenvalue weighted by molar-refractivity contribution is 5.95. The zero-order valence-electron chi connectivity index (χ0n) is 21.6. The lowest BCUT2D eigenvalue weighted by atomic mass is 10.1. The minimum absolute atomic E-state index is 0.0136. The Morgan fingerprint density at radius 2 is 2.11 bits per heavy atom. The molecule has 0 aliphatic carbocycles. The van der Waals surface area contributed by atoms with Gasteiger partial charge in [0.2, 0.25) is 11.8 Å². The van der Waals surface area contributed by atoms with Crippen molar-refractivity contribution in [2.24, 2.45) is 0 Å². The van der Waals surface area contributed by atoms with Gasteiger partial charge < -0.3 is 29.3 Å². The number of piperidine rings is 1. The topological polar surface area (TPSA) is 128 Å². The molecule has 12 heteroatoms. The van der Waals surface area contributed by atoms with E-state index >= 15 is 0 Å². The van der Waals surface area contributed by atoms with Crippen molar-refractivity contribution in [3.05, 3.63) is 35.7 Å². The lowest BCUT2D eigenvalue weighted by Crippen LogP contribution is -2.44. The summed E-state index contributed by atoms with van der Waals surface area (Å²) in [5, 5.41) is 11.3. The summed E-state index contributed by atoms with van der Waals surface area (Å²) in [7, 11) is 1.55. The average Bonchev–Trinajstić information content (AvgIpc) is 3.54. The van der Waals surface area contributed by atoms with Gasteiger partial charge in [0.1, 0.15) is 12.3 Å². The fourth-order valence-corrected chi connectivity index (χ4v) is 5.10. The van der Waals surface area contributed by atoms with E-state index in [0.29, 0.717) is 74.8 Å².